The van der Waals surface area contributed by atoms with Crippen molar-refractivity contribution in [3.8, 4) is 0 Å². The lowest BCUT2D eigenvalue weighted by atomic mass is 9.94. The van der Waals surface area contributed by atoms with Crippen molar-refractivity contribution < 1.29 is 17.6 Å². The number of hydrogen-bond donors (Lipinski definition) is 2. The molecule has 0 unspecified atom stereocenters. The summed E-state index contributed by atoms with van der Waals surface area (Å²) in [6.07, 6.45) is -2.75. The number of thiazole rings is 1. The van der Waals surface area contributed by atoms with Gasteiger partial charge in [-0.05, 0) is 6.92 Å². The van der Waals surface area contributed by atoms with E-state index in [-0.39, 0.29) is 42.5 Å². The first-order chi connectivity index (χ1) is 12.1. The average molecular weight is 517 g/mol. The first-order valence-corrected chi connectivity index (χ1v) is 8.96. The summed E-state index contributed by atoms with van der Waals surface area (Å²) in [5.74, 6) is 1.69. The second-order valence-electron chi connectivity index (χ2n) is 6.54. The highest BCUT2D eigenvalue weighted by Gasteiger charge is 2.33. The molecule has 2 aromatic rings. The predicted octanol–water partition coefficient (Wildman–Crippen LogP) is 4.32. The molecule has 0 saturated carbocycles. The Kier molecular flexibility index (Phi) is 8.51. The molecular formula is C16H23F3IN5OS. The van der Waals surface area contributed by atoms with Gasteiger partial charge in [0.25, 0.3) is 0 Å². The molecule has 2 aromatic heterocycles. The molecule has 0 aliphatic heterocycles. The molecule has 0 aromatic carbocycles. The number of rotatable bonds is 5. The molecule has 2 N–H and O–H groups in total. The van der Waals surface area contributed by atoms with Crippen LogP contribution < -0.4 is 10.6 Å². The lowest BCUT2D eigenvalue weighted by Gasteiger charge is -2.13. The zero-order chi connectivity index (χ0) is 19.4. The highest BCUT2D eigenvalue weighted by molar-refractivity contribution is 14.0. The first-order valence-electron chi connectivity index (χ1n) is 8.08. The minimum absolute atomic E-state index is 0. The van der Waals surface area contributed by atoms with E-state index in [9.17, 15) is 13.2 Å². The predicted molar refractivity (Wildman–Crippen MR) is 109 cm³/mol. The second-order valence-corrected chi connectivity index (χ2v) is 7.48. The Morgan fingerprint density at radius 2 is 1.96 bits per heavy atom. The summed E-state index contributed by atoms with van der Waals surface area (Å²) in [5, 5.41) is 7.31. The van der Waals surface area contributed by atoms with Gasteiger partial charge in [-0.15, -0.1) is 35.3 Å². The van der Waals surface area contributed by atoms with E-state index in [1.807, 2.05) is 27.7 Å². The van der Waals surface area contributed by atoms with Crippen LogP contribution in [-0.2, 0) is 24.7 Å². The third-order valence-electron chi connectivity index (χ3n) is 3.26. The number of guanidine groups is 1. The minimum Gasteiger partial charge on any atom is -0.443 e. The minimum atomic E-state index is -4.43. The molecule has 0 fully saturated rings. The summed E-state index contributed by atoms with van der Waals surface area (Å²) in [6.45, 7) is 8.93. The topological polar surface area (TPSA) is 75.3 Å². The molecule has 11 heteroatoms. The van der Waals surface area contributed by atoms with Crippen LogP contribution in [0.25, 0.3) is 0 Å². The molecule has 0 bridgehead atoms. The van der Waals surface area contributed by atoms with Crippen LogP contribution in [0.5, 0.6) is 0 Å². The van der Waals surface area contributed by atoms with Gasteiger partial charge in [0.2, 0.25) is 5.89 Å². The summed E-state index contributed by atoms with van der Waals surface area (Å²) in [5.41, 5.74) is -1.02. The molecule has 2 heterocycles. The van der Waals surface area contributed by atoms with Gasteiger partial charge in [-0.1, -0.05) is 20.8 Å². The monoisotopic (exact) mass is 517 g/mol. The fraction of sp³-hybridized carbons (Fsp3) is 0.562. The maximum Gasteiger partial charge on any atom is 0.434 e. The molecule has 27 heavy (non-hydrogen) atoms. The van der Waals surface area contributed by atoms with Crippen LogP contribution >= 0.6 is 35.3 Å². The quantitative estimate of drug-likeness (QED) is 0.351. The SMILES string of the molecule is CCNC(=NCc1ncc(C(C)(C)C)o1)NCc1nc(C(F)(F)F)cs1.I. The Hall–Kier alpha value is -1.37. The largest absolute Gasteiger partial charge is 0.443 e. The smallest absolute Gasteiger partial charge is 0.434 e. The van der Waals surface area contributed by atoms with Crippen LogP contribution in [0, 0.1) is 0 Å². The van der Waals surface area contributed by atoms with Crippen LogP contribution in [0.15, 0.2) is 21.0 Å². The lowest BCUT2D eigenvalue weighted by molar-refractivity contribution is -0.140. The molecule has 0 aliphatic rings. The normalized spacial score (nSPS) is 12.6. The Bertz CT molecular complexity index is 752. The van der Waals surface area contributed by atoms with Gasteiger partial charge in [-0.3, -0.25) is 0 Å². The van der Waals surface area contributed by atoms with Crippen LogP contribution in [0.1, 0.15) is 50.0 Å². The van der Waals surface area contributed by atoms with Crippen LogP contribution in [0.2, 0.25) is 0 Å². The highest BCUT2D eigenvalue weighted by atomic mass is 127. The van der Waals surface area contributed by atoms with Crippen molar-refractivity contribution in [1.29, 1.82) is 0 Å². The van der Waals surface area contributed by atoms with Gasteiger partial charge < -0.3 is 15.1 Å². The molecule has 0 radical (unpaired) electrons. The Morgan fingerprint density at radius 3 is 2.48 bits per heavy atom. The molecule has 2 rings (SSSR count). The number of halogens is 4. The fourth-order valence-corrected chi connectivity index (χ4v) is 2.64. The molecule has 0 saturated heterocycles. The van der Waals surface area contributed by atoms with Crippen molar-refractivity contribution in [2.45, 2.75) is 52.4 Å². The molecule has 0 atom stereocenters. The maximum absolute atomic E-state index is 12.6. The van der Waals surface area contributed by atoms with E-state index in [1.54, 1.807) is 6.20 Å². The number of hydrogen-bond acceptors (Lipinski definition) is 5. The van der Waals surface area contributed by atoms with Crippen LogP contribution in [0.3, 0.4) is 0 Å². The molecule has 152 valence electrons. The zero-order valence-electron chi connectivity index (χ0n) is 15.5. The van der Waals surface area contributed by atoms with E-state index in [1.165, 1.54) is 0 Å². The summed E-state index contributed by atoms with van der Waals surface area (Å²) in [7, 11) is 0. The van der Waals surface area contributed by atoms with E-state index < -0.39 is 11.9 Å². The van der Waals surface area contributed by atoms with Gasteiger partial charge in [0.15, 0.2) is 11.7 Å². The third-order valence-corrected chi connectivity index (χ3v) is 4.11. The van der Waals surface area contributed by atoms with Crippen molar-refractivity contribution in [2.24, 2.45) is 4.99 Å². The van der Waals surface area contributed by atoms with Crippen LogP contribution in [0.4, 0.5) is 13.2 Å². The maximum atomic E-state index is 12.6. The Balaban J connectivity index is 0.00000364. The standard InChI is InChI=1S/C16H22F3N5OS.HI/c1-5-20-14(22-7-12-21-6-11(25-12)15(2,3)4)23-8-13-24-10(9-26-13)16(17,18)19;/h6,9H,5,7-8H2,1-4H3,(H2,20,22,23);1H. The van der Waals surface area contributed by atoms with E-state index in [2.05, 4.69) is 25.6 Å². The number of aromatic nitrogens is 2. The molecule has 0 spiro atoms. The van der Waals surface area contributed by atoms with E-state index in [0.717, 1.165) is 22.5 Å². The number of oxazole rings is 1. The zero-order valence-corrected chi connectivity index (χ0v) is 18.6. The fourth-order valence-electron chi connectivity index (χ4n) is 1.90. The van der Waals surface area contributed by atoms with Gasteiger partial charge in [0.05, 0.1) is 12.7 Å². The molecule has 0 amide bonds. The van der Waals surface area contributed by atoms with Gasteiger partial charge in [-0.2, -0.15) is 13.2 Å². The summed E-state index contributed by atoms with van der Waals surface area (Å²) in [4.78, 5) is 12.1. The van der Waals surface area contributed by atoms with E-state index in [0.29, 0.717) is 23.4 Å². The van der Waals surface area contributed by atoms with Crippen molar-refractivity contribution in [2.75, 3.05) is 6.54 Å². The summed E-state index contributed by atoms with van der Waals surface area (Å²) in [6, 6.07) is 0. The number of nitrogens with zero attached hydrogens (tertiary/aromatic N) is 3. The second kappa shape index (κ2) is 9.71. The molecule has 0 aliphatic carbocycles. The lowest BCUT2D eigenvalue weighted by Crippen LogP contribution is -2.36. The summed E-state index contributed by atoms with van der Waals surface area (Å²) >= 11 is 0.950. The van der Waals surface area contributed by atoms with Gasteiger partial charge in [-0.25, -0.2) is 15.0 Å². The summed E-state index contributed by atoms with van der Waals surface area (Å²) < 4.78 is 43.4. The van der Waals surface area contributed by atoms with Gasteiger partial charge in [0.1, 0.15) is 17.3 Å². The van der Waals surface area contributed by atoms with Crippen molar-refractivity contribution in [3.63, 3.8) is 0 Å². The average Bonchev–Trinajstić information content (AvgIpc) is 3.18. The molecular weight excluding hydrogens is 494 g/mol. The van der Waals surface area contributed by atoms with Gasteiger partial charge >= 0.3 is 6.18 Å². The Labute approximate surface area is 177 Å². The molecule has 6 nitrogen and oxygen atoms in total. The first kappa shape index (κ1) is 23.7. The highest BCUT2D eigenvalue weighted by Crippen LogP contribution is 2.29. The van der Waals surface area contributed by atoms with Crippen molar-refractivity contribution in [1.82, 2.24) is 20.6 Å². The van der Waals surface area contributed by atoms with Crippen LogP contribution in [-0.4, -0.2) is 22.5 Å². The number of alkyl halides is 3. The number of aliphatic imine (C=N–C) groups is 1. The van der Waals surface area contributed by atoms with E-state index in [4.69, 9.17) is 4.42 Å². The Morgan fingerprint density at radius 1 is 1.26 bits per heavy atom. The van der Waals surface area contributed by atoms with Crippen molar-refractivity contribution in [3.05, 3.63) is 33.9 Å². The van der Waals surface area contributed by atoms with E-state index >= 15 is 0 Å². The van der Waals surface area contributed by atoms with Crippen molar-refractivity contribution >= 4 is 41.3 Å². The van der Waals surface area contributed by atoms with Gasteiger partial charge in [0, 0.05) is 17.3 Å². The third kappa shape index (κ3) is 7.28. The number of nitrogens with one attached hydrogen (secondary N) is 2.